The predicted octanol–water partition coefficient (Wildman–Crippen LogP) is 0.783. The second-order valence-electron chi connectivity index (χ2n) is 3.53. The second kappa shape index (κ2) is 4.53. The molecule has 1 rings (SSSR count). The lowest BCUT2D eigenvalue weighted by Gasteiger charge is -2.21. The summed E-state index contributed by atoms with van der Waals surface area (Å²) in [6, 6.07) is 1.04. The lowest BCUT2D eigenvalue weighted by molar-refractivity contribution is -0.132. The fourth-order valence-corrected chi connectivity index (χ4v) is 1.70. The van der Waals surface area contributed by atoms with E-state index in [1.807, 2.05) is 0 Å². The van der Waals surface area contributed by atoms with Gasteiger partial charge >= 0.3 is 0 Å². The summed E-state index contributed by atoms with van der Waals surface area (Å²) in [7, 11) is 1.39. The van der Waals surface area contributed by atoms with E-state index in [-0.39, 0.29) is 13.0 Å². The van der Waals surface area contributed by atoms with Crippen LogP contribution in [0.2, 0.25) is 0 Å². The Balaban J connectivity index is 2.69. The average Bonchev–Trinajstić information content (AvgIpc) is 2.42. The minimum absolute atomic E-state index is 0.0761. The Labute approximate surface area is 86.4 Å². The van der Waals surface area contributed by atoms with Gasteiger partial charge in [0.1, 0.15) is 6.42 Å². The van der Waals surface area contributed by atoms with Crippen LogP contribution in [0.5, 0.6) is 0 Å². The lowest BCUT2D eigenvalue weighted by atomic mass is 10.2. The van der Waals surface area contributed by atoms with Gasteiger partial charge in [-0.1, -0.05) is 0 Å². The first-order valence-electron chi connectivity index (χ1n) is 4.53. The highest BCUT2D eigenvalue weighted by Gasteiger charge is 2.46. The molecular formula is C9H12F2N2O2. The second-order valence-corrected chi connectivity index (χ2v) is 3.53. The van der Waals surface area contributed by atoms with Crippen molar-refractivity contribution in [3.05, 3.63) is 0 Å². The molecule has 0 aromatic heterocycles. The summed E-state index contributed by atoms with van der Waals surface area (Å²) in [4.78, 5) is 12.4. The van der Waals surface area contributed by atoms with Crippen LogP contribution in [-0.2, 0) is 9.53 Å². The maximum Gasteiger partial charge on any atom is 0.267 e. The van der Waals surface area contributed by atoms with Crippen molar-refractivity contribution < 1.29 is 18.3 Å². The van der Waals surface area contributed by atoms with E-state index in [4.69, 9.17) is 10.00 Å². The molecule has 84 valence electrons. The zero-order chi connectivity index (χ0) is 11.5. The van der Waals surface area contributed by atoms with E-state index in [1.54, 1.807) is 6.07 Å². The van der Waals surface area contributed by atoms with Gasteiger partial charge in [-0.25, -0.2) is 8.78 Å². The molecule has 1 heterocycles. The normalized spacial score (nSPS) is 23.9. The Morgan fingerprint density at radius 1 is 1.73 bits per heavy atom. The number of nitriles is 1. The average molecular weight is 218 g/mol. The van der Waals surface area contributed by atoms with Crippen LogP contribution in [0.1, 0.15) is 12.8 Å². The Hall–Kier alpha value is -1.22. The van der Waals surface area contributed by atoms with E-state index in [0.29, 0.717) is 0 Å². The summed E-state index contributed by atoms with van der Waals surface area (Å²) >= 11 is 0. The van der Waals surface area contributed by atoms with Gasteiger partial charge in [0, 0.05) is 13.5 Å². The smallest absolute Gasteiger partial charge is 0.267 e. The summed E-state index contributed by atoms with van der Waals surface area (Å²) < 4.78 is 30.8. The van der Waals surface area contributed by atoms with Crippen molar-refractivity contribution in [2.24, 2.45) is 0 Å². The van der Waals surface area contributed by atoms with Crippen LogP contribution in [0.4, 0.5) is 8.78 Å². The number of ether oxygens (including phenoxy) is 1. The molecule has 0 spiro atoms. The molecule has 4 nitrogen and oxygen atoms in total. The van der Waals surface area contributed by atoms with Crippen molar-refractivity contribution >= 4 is 5.91 Å². The first kappa shape index (κ1) is 11.9. The number of amides is 1. The van der Waals surface area contributed by atoms with Gasteiger partial charge in [0.15, 0.2) is 0 Å². The van der Waals surface area contributed by atoms with E-state index >= 15 is 0 Å². The molecule has 1 unspecified atom stereocenters. The summed E-state index contributed by atoms with van der Waals surface area (Å²) in [6.07, 6.45) is -0.756. The molecular weight excluding hydrogens is 206 g/mol. The largest absolute Gasteiger partial charge is 0.383 e. The number of methoxy groups -OCH3 is 1. The van der Waals surface area contributed by atoms with Crippen LogP contribution in [-0.4, -0.2) is 43.0 Å². The molecule has 0 aromatic rings. The van der Waals surface area contributed by atoms with Crippen LogP contribution >= 0.6 is 0 Å². The van der Waals surface area contributed by atoms with Gasteiger partial charge < -0.3 is 9.64 Å². The number of hydrogen-bond donors (Lipinski definition) is 0. The molecule has 0 radical (unpaired) electrons. The lowest BCUT2D eigenvalue weighted by Crippen LogP contribution is -2.38. The third-order valence-electron chi connectivity index (χ3n) is 2.29. The number of alkyl halides is 2. The van der Waals surface area contributed by atoms with Crippen LogP contribution in [0.25, 0.3) is 0 Å². The van der Waals surface area contributed by atoms with Gasteiger partial charge in [0.25, 0.3) is 5.92 Å². The Morgan fingerprint density at radius 3 is 2.93 bits per heavy atom. The molecule has 0 bridgehead atoms. The maximum absolute atomic E-state index is 13.0. The minimum atomic E-state index is -2.87. The molecule has 0 aliphatic carbocycles. The van der Waals surface area contributed by atoms with Crippen LogP contribution < -0.4 is 0 Å². The number of likely N-dealkylation sites (tertiary alicyclic amines) is 1. The van der Waals surface area contributed by atoms with Crippen LogP contribution in [0.15, 0.2) is 0 Å². The van der Waals surface area contributed by atoms with Crippen molar-refractivity contribution in [3.63, 3.8) is 0 Å². The number of rotatable bonds is 3. The molecule has 1 fully saturated rings. The van der Waals surface area contributed by atoms with Gasteiger partial charge in [-0.2, -0.15) is 5.26 Å². The Kier molecular flexibility index (Phi) is 3.58. The van der Waals surface area contributed by atoms with E-state index in [1.165, 1.54) is 7.11 Å². The van der Waals surface area contributed by atoms with Gasteiger partial charge in [0.2, 0.25) is 5.91 Å². The fourth-order valence-electron chi connectivity index (χ4n) is 1.70. The predicted molar refractivity (Wildman–Crippen MR) is 47.2 cm³/mol. The molecule has 1 saturated heterocycles. The zero-order valence-electron chi connectivity index (χ0n) is 8.37. The van der Waals surface area contributed by atoms with Gasteiger partial charge in [-0.05, 0) is 0 Å². The summed E-state index contributed by atoms with van der Waals surface area (Å²) in [5, 5.41) is 8.33. The molecule has 1 amide bonds. The number of hydrogen-bond acceptors (Lipinski definition) is 3. The number of carbonyl (C=O) groups is 1. The van der Waals surface area contributed by atoms with Gasteiger partial charge in [-0.3, -0.25) is 4.79 Å². The molecule has 1 aliphatic rings. The molecule has 0 saturated carbocycles. The van der Waals surface area contributed by atoms with Crippen molar-refractivity contribution in [1.82, 2.24) is 4.90 Å². The standard InChI is InChI=1S/C9H12F2N2O2/c1-15-5-7-4-9(10,11)6-13(7)8(14)2-3-12/h7H,2,4-6H2,1H3. The molecule has 0 N–H and O–H groups in total. The zero-order valence-corrected chi connectivity index (χ0v) is 8.37. The number of carbonyl (C=O) groups excluding carboxylic acids is 1. The summed E-state index contributed by atoms with van der Waals surface area (Å²) in [5.74, 6) is -3.43. The maximum atomic E-state index is 13.0. The third-order valence-corrected chi connectivity index (χ3v) is 2.29. The fraction of sp³-hybridized carbons (Fsp3) is 0.778. The van der Waals surface area contributed by atoms with Crippen molar-refractivity contribution in [2.75, 3.05) is 20.3 Å². The molecule has 15 heavy (non-hydrogen) atoms. The quantitative estimate of drug-likeness (QED) is 0.703. The number of nitrogens with zero attached hydrogens (tertiary/aromatic N) is 2. The minimum Gasteiger partial charge on any atom is -0.383 e. The highest BCUT2D eigenvalue weighted by molar-refractivity contribution is 5.79. The Morgan fingerprint density at radius 2 is 2.40 bits per heavy atom. The monoisotopic (exact) mass is 218 g/mol. The third kappa shape index (κ3) is 2.86. The summed E-state index contributed by atoms with van der Waals surface area (Å²) in [5.41, 5.74) is 0. The van der Waals surface area contributed by atoms with Crippen LogP contribution in [0.3, 0.4) is 0 Å². The van der Waals surface area contributed by atoms with E-state index in [2.05, 4.69) is 0 Å². The van der Waals surface area contributed by atoms with E-state index in [0.717, 1.165) is 4.90 Å². The highest BCUT2D eigenvalue weighted by Crippen LogP contribution is 2.32. The van der Waals surface area contributed by atoms with E-state index < -0.39 is 30.8 Å². The van der Waals surface area contributed by atoms with Crippen LogP contribution in [0, 0.1) is 11.3 Å². The molecule has 6 heteroatoms. The van der Waals surface area contributed by atoms with Crippen molar-refractivity contribution in [1.29, 1.82) is 5.26 Å². The number of halogens is 2. The van der Waals surface area contributed by atoms with Crippen molar-refractivity contribution in [3.8, 4) is 6.07 Å². The van der Waals surface area contributed by atoms with Gasteiger partial charge in [-0.15, -0.1) is 0 Å². The summed E-state index contributed by atoms with van der Waals surface area (Å²) in [6.45, 7) is -0.533. The topological polar surface area (TPSA) is 53.3 Å². The molecule has 1 atom stereocenters. The highest BCUT2D eigenvalue weighted by atomic mass is 19.3. The molecule has 1 aliphatic heterocycles. The SMILES string of the molecule is COCC1CC(F)(F)CN1C(=O)CC#N. The van der Waals surface area contributed by atoms with Gasteiger partial charge in [0.05, 0.1) is 25.3 Å². The van der Waals surface area contributed by atoms with E-state index in [9.17, 15) is 13.6 Å². The molecule has 0 aromatic carbocycles. The van der Waals surface area contributed by atoms with Crippen molar-refractivity contribution in [2.45, 2.75) is 24.8 Å². The first-order valence-corrected chi connectivity index (χ1v) is 4.53. The Bertz CT molecular complexity index is 288. The first-order chi connectivity index (χ1) is 7.00.